The van der Waals surface area contributed by atoms with Crippen LogP contribution in [0.1, 0.15) is 74.6 Å². The van der Waals surface area contributed by atoms with E-state index in [1.165, 1.54) is 77.1 Å². The summed E-state index contributed by atoms with van der Waals surface area (Å²) in [5, 5.41) is 2.70. The highest BCUT2D eigenvalue weighted by Crippen LogP contribution is 2.18. The van der Waals surface area contributed by atoms with Crippen molar-refractivity contribution in [1.82, 2.24) is 0 Å². The Bertz CT molecular complexity index is 1030. The van der Waals surface area contributed by atoms with Crippen molar-refractivity contribution in [3.05, 3.63) is 127 Å². The molecule has 0 radical (unpaired) electrons. The largest absolute Gasteiger partial charge is 0.0995 e. The van der Waals surface area contributed by atoms with Crippen LogP contribution in [-0.4, -0.2) is 0 Å². The van der Waals surface area contributed by atoms with Crippen LogP contribution in [0.5, 0.6) is 0 Å². The molecule has 0 N–H and O–H groups in total. The average Bonchev–Trinajstić information content (AvgIpc) is 2.89. The standard InChI is InChI=1S/C18H26.C13H14.C4H6/c1-4-6-7-8-9-10-16(3)15-18-13-11-17(5-2)12-14-18;1-3-11-5-7-12-8-10(2)4-6-13(12)9-11;1-3-4-2/h5,11-14H,2-4,6-10,15H2,1H3;4-9H,3H2,1-2H3;3-4H,1-2H2. The summed E-state index contributed by atoms with van der Waals surface area (Å²) in [6, 6.07) is 21.9. The van der Waals surface area contributed by atoms with Crippen LogP contribution in [0.2, 0.25) is 0 Å². The molecule has 0 heteroatoms. The lowest BCUT2D eigenvalue weighted by Gasteiger charge is -2.06. The third kappa shape index (κ3) is 12.8. The number of benzene rings is 3. The number of unbranched alkanes of at least 4 members (excludes halogenated alkanes) is 4. The average molecular weight is 467 g/mol. The van der Waals surface area contributed by atoms with Gasteiger partial charge in [-0.25, -0.2) is 0 Å². The van der Waals surface area contributed by atoms with Gasteiger partial charge in [0.25, 0.3) is 0 Å². The molecule has 0 atom stereocenters. The van der Waals surface area contributed by atoms with E-state index in [0.717, 1.165) is 12.8 Å². The molecule has 0 fully saturated rings. The van der Waals surface area contributed by atoms with Crippen LogP contribution in [0.25, 0.3) is 16.8 Å². The number of rotatable bonds is 11. The van der Waals surface area contributed by atoms with Gasteiger partial charge in [-0.1, -0.05) is 156 Å². The van der Waals surface area contributed by atoms with Crippen LogP contribution in [-0.2, 0) is 12.8 Å². The SMILES string of the molecule is C=CC=C.C=Cc1ccc(CC(=C)CCCCCCC)cc1.CCc1ccc2cc(C)ccc2c1. The van der Waals surface area contributed by atoms with Crippen LogP contribution in [0.3, 0.4) is 0 Å². The maximum absolute atomic E-state index is 4.19. The van der Waals surface area contributed by atoms with E-state index >= 15 is 0 Å². The molecular formula is C35H46. The van der Waals surface area contributed by atoms with E-state index in [0.29, 0.717) is 0 Å². The van der Waals surface area contributed by atoms with Crippen LogP contribution < -0.4 is 0 Å². The van der Waals surface area contributed by atoms with Crippen molar-refractivity contribution in [3.8, 4) is 0 Å². The fraction of sp³-hybridized carbons (Fsp3) is 0.314. The van der Waals surface area contributed by atoms with Gasteiger partial charge in [0.2, 0.25) is 0 Å². The highest BCUT2D eigenvalue weighted by atomic mass is 14.0. The van der Waals surface area contributed by atoms with E-state index < -0.39 is 0 Å². The Balaban J connectivity index is 0.000000314. The van der Waals surface area contributed by atoms with Gasteiger partial charge < -0.3 is 0 Å². The Hall–Kier alpha value is -3.12. The first kappa shape index (κ1) is 29.9. The Morgan fingerprint density at radius 2 is 1.31 bits per heavy atom. The highest BCUT2D eigenvalue weighted by molar-refractivity contribution is 5.83. The summed E-state index contributed by atoms with van der Waals surface area (Å²) in [4.78, 5) is 0. The maximum Gasteiger partial charge on any atom is -0.00698 e. The molecule has 0 aliphatic carbocycles. The van der Waals surface area contributed by atoms with E-state index in [1.54, 1.807) is 12.2 Å². The molecule has 0 aliphatic heterocycles. The van der Waals surface area contributed by atoms with Gasteiger partial charge in [-0.3, -0.25) is 0 Å². The third-order valence-corrected chi connectivity index (χ3v) is 5.94. The fourth-order valence-corrected chi connectivity index (χ4v) is 3.76. The Morgan fingerprint density at radius 1 is 0.714 bits per heavy atom. The molecule has 0 spiro atoms. The summed E-state index contributed by atoms with van der Waals surface area (Å²) in [6.07, 6.45) is 15.2. The number of aryl methyl sites for hydroxylation is 2. The minimum Gasteiger partial charge on any atom is -0.0995 e. The van der Waals surface area contributed by atoms with Crippen LogP contribution in [0.15, 0.2) is 105 Å². The van der Waals surface area contributed by atoms with Gasteiger partial charge >= 0.3 is 0 Å². The summed E-state index contributed by atoms with van der Waals surface area (Å²) >= 11 is 0. The number of fused-ring (bicyclic) bond motifs is 1. The van der Waals surface area contributed by atoms with Gasteiger partial charge in [0.15, 0.2) is 0 Å². The molecule has 0 aromatic heterocycles. The second kappa shape index (κ2) is 18.2. The molecule has 0 saturated heterocycles. The second-order valence-corrected chi connectivity index (χ2v) is 9.05. The lowest BCUT2D eigenvalue weighted by Crippen LogP contribution is -1.90. The summed E-state index contributed by atoms with van der Waals surface area (Å²) in [5.41, 5.74) is 6.65. The van der Waals surface area contributed by atoms with Crippen molar-refractivity contribution in [3.63, 3.8) is 0 Å². The van der Waals surface area contributed by atoms with Crippen molar-refractivity contribution < 1.29 is 0 Å². The molecule has 3 rings (SSSR count). The minimum absolute atomic E-state index is 1.02. The lowest BCUT2D eigenvalue weighted by molar-refractivity contribution is 0.628. The monoisotopic (exact) mass is 466 g/mol. The molecule has 0 amide bonds. The molecule has 186 valence electrons. The van der Waals surface area contributed by atoms with E-state index in [1.807, 2.05) is 6.08 Å². The van der Waals surface area contributed by atoms with Gasteiger partial charge in [0, 0.05) is 0 Å². The second-order valence-electron chi connectivity index (χ2n) is 9.05. The first-order chi connectivity index (χ1) is 17.0. The van der Waals surface area contributed by atoms with Crippen molar-refractivity contribution >= 4 is 16.8 Å². The van der Waals surface area contributed by atoms with Gasteiger partial charge in [0.1, 0.15) is 0 Å². The summed E-state index contributed by atoms with van der Waals surface area (Å²) in [6.45, 7) is 21.3. The van der Waals surface area contributed by atoms with E-state index in [9.17, 15) is 0 Å². The third-order valence-electron chi connectivity index (χ3n) is 5.94. The van der Waals surface area contributed by atoms with Gasteiger partial charge in [0.05, 0.1) is 0 Å². The molecular weight excluding hydrogens is 420 g/mol. The van der Waals surface area contributed by atoms with Crippen LogP contribution in [0.4, 0.5) is 0 Å². The van der Waals surface area contributed by atoms with Crippen molar-refractivity contribution in [2.75, 3.05) is 0 Å². The van der Waals surface area contributed by atoms with E-state index in [-0.39, 0.29) is 0 Å². The zero-order valence-electron chi connectivity index (χ0n) is 22.5. The van der Waals surface area contributed by atoms with Crippen molar-refractivity contribution in [1.29, 1.82) is 0 Å². The first-order valence-corrected chi connectivity index (χ1v) is 13.1. The van der Waals surface area contributed by atoms with E-state index in [4.69, 9.17) is 0 Å². The van der Waals surface area contributed by atoms with Crippen molar-refractivity contribution in [2.45, 2.75) is 72.1 Å². The molecule has 0 nitrogen and oxygen atoms in total. The molecule has 0 bridgehead atoms. The first-order valence-electron chi connectivity index (χ1n) is 13.1. The highest BCUT2D eigenvalue weighted by Gasteiger charge is 1.98. The topological polar surface area (TPSA) is 0 Å². The Labute approximate surface area is 215 Å². The maximum atomic E-state index is 4.19. The Morgan fingerprint density at radius 3 is 1.91 bits per heavy atom. The Kier molecular flexibility index (Phi) is 15.6. The van der Waals surface area contributed by atoms with E-state index in [2.05, 4.69) is 108 Å². The summed E-state index contributed by atoms with van der Waals surface area (Å²) in [7, 11) is 0. The molecule has 35 heavy (non-hydrogen) atoms. The predicted molar refractivity (Wildman–Crippen MR) is 161 cm³/mol. The molecule has 3 aromatic rings. The zero-order valence-corrected chi connectivity index (χ0v) is 22.5. The number of hydrogen-bond donors (Lipinski definition) is 0. The lowest BCUT2D eigenvalue weighted by atomic mass is 10.00. The predicted octanol–water partition coefficient (Wildman–Crippen LogP) is 10.9. The van der Waals surface area contributed by atoms with Gasteiger partial charge in [-0.15, -0.1) is 0 Å². The smallest absolute Gasteiger partial charge is 0.00698 e. The van der Waals surface area contributed by atoms with Gasteiger partial charge in [-0.2, -0.15) is 0 Å². The van der Waals surface area contributed by atoms with Crippen LogP contribution in [0, 0.1) is 6.92 Å². The summed E-state index contributed by atoms with van der Waals surface area (Å²) < 4.78 is 0. The molecule has 0 aliphatic rings. The molecule has 3 aromatic carbocycles. The fourth-order valence-electron chi connectivity index (χ4n) is 3.76. The minimum atomic E-state index is 1.02. The normalized spacial score (nSPS) is 9.80. The van der Waals surface area contributed by atoms with Crippen LogP contribution >= 0.6 is 0 Å². The summed E-state index contributed by atoms with van der Waals surface area (Å²) in [5.74, 6) is 0. The number of allylic oxidation sites excluding steroid dienone is 3. The quantitative estimate of drug-likeness (QED) is 0.150. The number of hydrogen-bond acceptors (Lipinski definition) is 0. The molecule has 0 saturated carbocycles. The zero-order chi connectivity index (χ0) is 25.9. The van der Waals surface area contributed by atoms with Crippen molar-refractivity contribution in [2.24, 2.45) is 0 Å². The molecule has 0 unspecified atom stereocenters. The molecule has 0 heterocycles. The van der Waals surface area contributed by atoms with Gasteiger partial charge in [-0.05, 0) is 60.1 Å².